The van der Waals surface area contributed by atoms with Gasteiger partial charge in [-0.05, 0) is 40.5 Å². The molecule has 2 aromatic carbocycles. The first-order valence-corrected chi connectivity index (χ1v) is 13.6. The van der Waals surface area contributed by atoms with Crippen LogP contribution in [0.1, 0.15) is 66.0 Å². The third-order valence-electron chi connectivity index (χ3n) is 7.17. The second-order valence-corrected chi connectivity index (χ2v) is 11.6. The number of Topliss-reactive ketones (excluding diaryl/α,β-unsaturated/α-hetero) is 1. The summed E-state index contributed by atoms with van der Waals surface area (Å²) in [5.41, 5.74) is 7.80. The molecule has 1 aliphatic rings. The molecular formula is C29H32N4O5S. The van der Waals surface area contributed by atoms with Crippen LogP contribution in [-0.2, 0) is 10.2 Å². The van der Waals surface area contributed by atoms with Crippen LogP contribution in [0.15, 0.2) is 66.0 Å². The summed E-state index contributed by atoms with van der Waals surface area (Å²) in [6.07, 6.45) is 0. The average Bonchev–Trinajstić information content (AvgIpc) is 3.55. The Bertz CT molecular complexity index is 1380. The van der Waals surface area contributed by atoms with E-state index in [2.05, 4.69) is 26.1 Å². The van der Waals surface area contributed by atoms with E-state index in [-0.39, 0.29) is 23.4 Å². The summed E-state index contributed by atoms with van der Waals surface area (Å²) in [6, 6.07) is 14.3. The quantitative estimate of drug-likeness (QED) is 0.238. The van der Waals surface area contributed by atoms with Crippen molar-refractivity contribution in [1.82, 2.24) is 10.2 Å². The molecule has 0 spiro atoms. The fourth-order valence-electron chi connectivity index (χ4n) is 5.40. The first-order valence-electron chi connectivity index (χ1n) is 12.7. The second-order valence-electron chi connectivity index (χ2n) is 10.7. The van der Waals surface area contributed by atoms with Gasteiger partial charge in [0.15, 0.2) is 5.78 Å². The molecule has 10 heteroatoms. The second kappa shape index (κ2) is 11.0. The molecule has 0 radical (unpaired) electrons. The highest BCUT2D eigenvalue weighted by Crippen LogP contribution is 2.51. The van der Waals surface area contributed by atoms with Gasteiger partial charge < -0.3 is 16.0 Å². The maximum Gasteiger partial charge on any atom is 0.318 e. The number of nitrogens with zero attached hydrogens (tertiary/aromatic N) is 2. The molecule has 0 aliphatic carbocycles. The van der Waals surface area contributed by atoms with Crippen LogP contribution in [0.25, 0.3) is 0 Å². The third kappa shape index (κ3) is 5.42. The van der Waals surface area contributed by atoms with Crippen LogP contribution >= 0.6 is 11.3 Å². The van der Waals surface area contributed by atoms with E-state index >= 15 is 0 Å². The van der Waals surface area contributed by atoms with E-state index in [1.54, 1.807) is 30.5 Å². The van der Waals surface area contributed by atoms with Crippen LogP contribution in [0, 0.1) is 16.0 Å². The van der Waals surface area contributed by atoms with Crippen molar-refractivity contribution in [2.45, 2.75) is 51.1 Å². The number of nitro benzene ring substituents is 1. The van der Waals surface area contributed by atoms with Gasteiger partial charge in [-0.2, -0.15) is 0 Å². The number of thiophene rings is 1. The smallest absolute Gasteiger partial charge is 0.318 e. The molecule has 0 bridgehead atoms. The Balaban J connectivity index is 1.99. The van der Waals surface area contributed by atoms with E-state index in [9.17, 15) is 24.5 Å². The molecule has 1 aliphatic heterocycles. The minimum atomic E-state index is -1.17. The lowest BCUT2D eigenvalue weighted by Gasteiger charge is -2.30. The molecule has 204 valence electrons. The molecule has 4 rings (SSSR count). The predicted molar refractivity (Wildman–Crippen MR) is 150 cm³/mol. The highest BCUT2D eigenvalue weighted by Gasteiger charge is 2.57. The number of rotatable bonds is 7. The molecule has 1 aromatic heterocycles. The van der Waals surface area contributed by atoms with Gasteiger partial charge in [-0.25, -0.2) is 4.79 Å². The Hall–Kier alpha value is -4.05. The number of amides is 3. The number of urea groups is 1. The summed E-state index contributed by atoms with van der Waals surface area (Å²) in [4.78, 5) is 53.7. The first-order chi connectivity index (χ1) is 18.5. The number of carbonyl (C=O) groups excluding carboxylic acids is 3. The van der Waals surface area contributed by atoms with Crippen molar-refractivity contribution in [3.8, 4) is 0 Å². The largest absolute Gasteiger partial charge is 0.368 e. The van der Waals surface area contributed by atoms with Crippen LogP contribution < -0.4 is 11.1 Å². The Morgan fingerprint density at radius 2 is 1.74 bits per heavy atom. The normalized spacial score (nSPS) is 21.0. The number of likely N-dealkylation sites (tertiary alicyclic amines) is 1. The molecule has 4 atom stereocenters. The molecule has 4 unspecified atom stereocenters. The van der Waals surface area contributed by atoms with Crippen LogP contribution in [0.4, 0.5) is 10.5 Å². The van der Waals surface area contributed by atoms with Gasteiger partial charge in [0.25, 0.3) is 5.69 Å². The third-order valence-corrected chi connectivity index (χ3v) is 8.06. The standard InChI is InChI=1S/C29H32N4O5S/c1-5-31-28(36)32-24(18-8-6-9-20(16-18)33(37)38)23(26(34)21-10-7-15-39-21)22(25(32)27(30)35)17-11-13-19(14-12-17)29(2,3)4/h6-16,22-25H,5H2,1-4H3,(H2,30,35)(H,31,36). The maximum absolute atomic E-state index is 14.2. The van der Waals surface area contributed by atoms with Crippen molar-refractivity contribution in [3.63, 3.8) is 0 Å². The molecular weight excluding hydrogens is 516 g/mol. The van der Waals surface area contributed by atoms with Gasteiger partial charge in [0.1, 0.15) is 6.04 Å². The first kappa shape index (κ1) is 28.0. The minimum absolute atomic E-state index is 0.123. The molecule has 1 saturated heterocycles. The van der Waals surface area contributed by atoms with Crippen LogP contribution in [0.2, 0.25) is 0 Å². The van der Waals surface area contributed by atoms with Crippen molar-refractivity contribution in [2.75, 3.05) is 6.54 Å². The zero-order valence-corrected chi connectivity index (χ0v) is 23.1. The van der Waals surface area contributed by atoms with E-state index < -0.39 is 40.8 Å². The monoisotopic (exact) mass is 548 g/mol. The van der Waals surface area contributed by atoms with Crippen molar-refractivity contribution in [1.29, 1.82) is 0 Å². The van der Waals surface area contributed by atoms with E-state index in [1.165, 1.54) is 34.4 Å². The van der Waals surface area contributed by atoms with Crippen LogP contribution in [0.3, 0.4) is 0 Å². The van der Waals surface area contributed by atoms with Gasteiger partial charge in [-0.1, -0.05) is 63.2 Å². The molecule has 9 nitrogen and oxygen atoms in total. The molecule has 3 amide bonds. The van der Waals surface area contributed by atoms with Gasteiger partial charge in [-0.15, -0.1) is 11.3 Å². The van der Waals surface area contributed by atoms with Gasteiger partial charge in [0, 0.05) is 24.6 Å². The molecule has 3 N–H and O–H groups in total. The minimum Gasteiger partial charge on any atom is -0.368 e. The summed E-state index contributed by atoms with van der Waals surface area (Å²) in [7, 11) is 0. The number of nitrogens with two attached hydrogens (primary N) is 1. The lowest BCUT2D eigenvalue weighted by molar-refractivity contribution is -0.385. The number of hydrogen-bond donors (Lipinski definition) is 2. The van der Waals surface area contributed by atoms with Crippen molar-refractivity contribution >= 4 is 34.7 Å². The number of ketones is 1. The number of primary amides is 1. The topological polar surface area (TPSA) is 136 Å². The maximum atomic E-state index is 14.2. The number of non-ortho nitro benzene ring substituents is 1. The lowest BCUT2D eigenvalue weighted by atomic mass is 9.76. The highest BCUT2D eigenvalue weighted by atomic mass is 32.1. The van der Waals surface area contributed by atoms with Crippen molar-refractivity contribution < 1.29 is 19.3 Å². The van der Waals surface area contributed by atoms with E-state index in [1.807, 2.05) is 24.3 Å². The Morgan fingerprint density at radius 3 is 2.28 bits per heavy atom. The van der Waals surface area contributed by atoms with Gasteiger partial charge >= 0.3 is 6.03 Å². The van der Waals surface area contributed by atoms with Gasteiger partial charge in [0.2, 0.25) is 5.91 Å². The van der Waals surface area contributed by atoms with Crippen LogP contribution in [0.5, 0.6) is 0 Å². The fourth-order valence-corrected chi connectivity index (χ4v) is 6.11. The number of hydrogen-bond acceptors (Lipinski definition) is 6. The van der Waals surface area contributed by atoms with Crippen LogP contribution in [-0.4, -0.2) is 40.1 Å². The Morgan fingerprint density at radius 1 is 1.05 bits per heavy atom. The predicted octanol–water partition coefficient (Wildman–Crippen LogP) is 5.18. The molecule has 2 heterocycles. The van der Waals surface area contributed by atoms with Gasteiger partial charge in [0.05, 0.1) is 21.8 Å². The van der Waals surface area contributed by atoms with E-state index in [0.29, 0.717) is 16.0 Å². The zero-order valence-electron chi connectivity index (χ0n) is 22.3. The summed E-state index contributed by atoms with van der Waals surface area (Å²) in [5.74, 6) is -2.73. The molecule has 3 aromatic rings. The molecule has 39 heavy (non-hydrogen) atoms. The van der Waals surface area contributed by atoms with E-state index in [4.69, 9.17) is 5.73 Å². The molecule has 0 saturated carbocycles. The summed E-state index contributed by atoms with van der Waals surface area (Å²) in [6.45, 7) is 8.27. The Labute approximate surface area is 231 Å². The summed E-state index contributed by atoms with van der Waals surface area (Å²) < 4.78 is 0. The Kier molecular flexibility index (Phi) is 7.87. The number of carbonyl (C=O) groups is 3. The van der Waals surface area contributed by atoms with Crippen molar-refractivity contribution in [3.05, 3.63) is 97.7 Å². The average molecular weight is 549 g/mol. The summed E-state index contributed by atoms with van der Waals surface area (Å²) in [5, 5.41) is 16.2. The lowest BCUT2D eigenvalue weighted by Crippen LogP contribution is -2.50. The molecule has 1 fully saturated rings. The highest BCUT2D eigenvalue weighted by molar-refractivity contribution is 7.12. The van der Waals surface area contributed by atoms with E-state index in [0.717, 1.165) is 5.56 Å². The zero-order chi connectivity index (χ0) is 28.5. The fraction of sp³-hybridized carbons (Fsp3) is 0.345. The van der Waals surface area contributed by atoms with Crippen molar-refractivity contribution in [2.24, 2.45) is 11.7 Å². The van der Waals surface area contributed by atoms with Gasteiger partial charge in [-0.3, -0.25) is 19.7 Å². The number of nitrogens with one attached hydrogen (secondary N) is 1. The summed E-state index contributed by atoms with van der Waals surface area (Å²) >= 11 is 1.26. The number of benzene rings is 2. The SMILES string of the molecule is CCNC(=O)N1C(C(N)=O)C(c2ccc(C(C)(C)C)cc2)C(C(=O)c2cccs2)C1c1cccc([N+](=O)[O-])c1. The number of nitro groups is 1.